The van der Waals surface area contributed by atoms with E-state index in [9.17, 15) is 4.79 Å². The van der Waals surface area contributed by atoms with E-state index in [2.05, 4.69) is 4.99 Å². The van der Waals surface area contributed by atoms with Crippen molar-refractivity contribution in [1.29, 1.82) is 0 Å². The number of nitrogens with zero attached hydrogens (tertiary/aromatic N) is 2. The third-order valence-corrected chi connectivity index (χ3v) is 5.33. The van der Waals surface area contributed by atoms with Crippen molar-refractivity contribution in [3.63, 3.8) is 0 Å². The van der Waals surface area contributed by atoms with Gasteiger partial charge in [-0.3, -0.25) is 9.69 Å². The van der Waals surface area contributed by atoms with Gasteiger partial charge < -0.3 is 14.2 Å². The number of fused-ring (bicyclic) bond motifs is 1. The first-order chi connectivity index (χ1) is 13.7. The van der Waals surface area contributed by atoms with Crippen LogP contribution in [0.15, 0.2) is 52.4 Å². The van der Waals surface area contributed by atoms with Crippen LogP contribution in [0, 0.1) is 0 Å². The Labute approximate surface area is 167 Å². The topological polar surface area (TPSA) is 60.4 Å². The van der Waals surface area contributed by atoms with Crippen molar-refractivity contribution in [2.75, 3.05) is 20.4 Å². The maximum atomic E-state index is 12.9. The minimum Gasteiger partial charge on any atom is -0.497 e. The highest BCUT2D eigenvalue weighted by Crippen LogP contribution is 2.37. The Morgan fingerprint density at radius 1 is 1.18 bits per heavy atom. The monoisotopic (exact) mass is 396 g/mol. The summed E-state index contributed by atoms with van der Waals surface area (Å²) in [5, 5.41) is 0.684. The van der Waals surface area contributed by atoms with Crippen molar-refractivity contribution in [2.24, 2.45) is 4.99 Å². The van der Waals surface area contributed by atoms with E-state index in [1.54, 1.807) is 12.0 Å². The van der Waals surface area contributed by atoms with Crippen LogP contribution in [0.1, 0.15) is 18.9 Å². The Hall–Kier alpha value is -2.93. The van der Waals surface area contributed by atoms with Crippen LogP contribution in [0.5, 0.6) is 17.2 Å². The fraction of sp³-hybridized carbons (Fsp3) is 0.238. The average Bonchev–Trinajstić information content (AvgIpc) is 3.29. The molecule has 1 amide bonds. The normalized spacial score (nSPS) is 18.4. The summed E-state index contributed by atoms with van der Waals surface area (Å²) in [5.74, 6) is 2.16. The SMILES string of the molecule is CCCN1C(=O)C(=Cc2ccc3c(c2)OCO3)SC1=Nc1ccc(OC)cc1. The lowest BCUT2D eigenvalue weighted by atomic mass is 10.2. The molecule has 4 rings (SSSR count). The van der Waals surface area contributed by atoms with E-state index in [4.69, 9.17) is 14.2 Å². The largest absolute Gasteiger partial charge is 0.497 e. The number of carbonyl (C=O) groups excluding carboxylic acids is 1. The Morgan fingerprint density at radius 3 is 2.71 bits per heavy atom. The smallest absolute Gasteiger partial charge is 0.266 e. The zero-order valence-corrected chi connectivity index (χ0v) is 16.5. The molecule has 2 aromatic rings. The van der Waals surface area contributed by atoms with E-state index in [0.717, 1.165) is 29.2 Å². The van der Waals surface area contributed by atoms with Gasteiger partial charge in [-0.15, -0.1) is 0 Å². The fourth-order valence-corrected chi connectivity index (χ4v) is 3.96. The molecule has 1 fully saturated rings. The summed E-state index contributed by atoms with van der Waals surface area (Å²) in [4.78, 5) is 20.0. The molecule has 0 bridgehead atoms. The first-order valence-electron chi connectivity index (χ1n) is 9.01. The highest BCUT2D eigenvalue weighted by atomic mass is 32.2. The number of methoxy groups -OCH3 is 1. The number of hydrogen-bond acceptors (Lipinski definition) is 6. The molecule has 2 aromatic carbocycles. The Morgan fingerprint density at radius 2 is 1.96 bits per heavy atom. The van der Waals surface area contributed by atoms with Crippen LogP contribution in [0.2, 0.25) is 0 Å². The predicted molar refractivity (Wildman–Crippen MR) is 110 cm³/mol. The molecule has 0 radical (unpaired) electrons. The molecule has 0 unspecified atom stereocenters. The molecule has 2 heterocycles. The Balaban J connectivity index is 1.62. The molecule has 28 heavy (non-hydrogen) atoms. The molecule has 0 aliphatic carbocycles. The lowest BCUT2D eigenvalue weighted by molar-refractivity contribution is -0.122. The van der Waals surface area contributed by atoms with E-state index >= 15 is 0 Å². The van der Waals surface area contributed by atoms with Gasteiger partial charge in [0.2, 0.25) is 6.79 Å². The Kier molecular flexibility index (Phi) is 5.25. The minimum absolute atomic E-state index is 0.0308. The number of aliphatic imine (C=N–C) groups is 1. The second-order valence-corrected chi connectivity index (χ2v) is 7.28. The van der Waals surface area contributed by atoms with Gasteiger partial charge in [0.1, 0.15) is 5.75 Å². The molecule has 0 saturated carbocycles. The van der Waals surface area contributed by atoms with E-state index < -0.39 is 0 Å². The first kappa shape index (κ1) is 18.4. The first-order valence-corrected chi connectivity index (χ1v) is 9.83. The van der Waals surface area contributed by atoms with Crippen LogP contribution in [0.4, 0.5) is 5.69 Å². The molecule has 0 spiro atoms. The maximum absolute atomic E-state index is 12.9. The molecule has 144 valence electrons. The molecular weight excluding hydrogens is 376 g/mol. The van der Waals surface area contributed by atoms with Gasteiger partial charge in [-0.05, 0) is 66.2 Å². The van der Waals surface area contributed by atoms with Gasteiger partial charge in [0.05, 0.1) is 17.7 Å². The number of carbonyl (C=O) groups is 1. The number of amides is 1. The number of thioether (sulfide) groups is 1. The van der Waals surface area contributed by atoms with E-state index in [1.807, 2.05) is 55.5 Å². The average molecular weight is 396 g/mol. The van der Waals surface area contributed by atoms with Crippen LogP contribution < -0.4 is 14.2 Å². The summed E-state index contributed by atoms with van der Waals surface area (Å²) in [6.45, 7) is 2.90. The molecule has 2 aliphatic rings. The Bertz CT molecular complexity index is 953. The van der Waals surface area contributed by atoms with Gasteiger partial charge in [-0.25, -0.2) is 4.99 Å². The third-order valence-electron chi connectivity index (χ3n) is 4.33. The van der Waals surface area contributed by atoms with Gasteiger partial charge in [0.25, 0.3) is 5.91 Å². The minimum atomic E-state index is -0.0308. The predicted octanol–water partition coefficient (Wildman–Crippen LogP) is 4.44. The summed E-state index contributed by atoms with van der Waals surface area (Å²) < 4.78 is 15.9. The van der Waals surface area contributed by atoms with Crippen molar-refractivity contribution in [3.8, 4) is 17.2 Å². The highest BCUT2D eigenvalue weighted by molar-refractivity contribution is 8.18. The lowest BCUT2D eigenvalue weighted by Gasteiger charge is -2.14. The summed E-state index contributed by atoms with van der Waals surface area (Å²) in [7, 11) is 1.63. The molecular formula is C21H20N2O4S. The molecule has 1 saturated heterocycles. The van der Waals surface area contributed by atoms with Gasteiger partial charge in [-0.1, -0.05) is 13.0 Å². The molecule has 7 heteroatoms. The van der Waals surface area contributed by atoms with E-state index in [1.165, 1.54) is 11.8 Å². The maximum Gasteiger partial charge on any atom is 0.266 e. The van der Waals surface area contributed by atoms with Crippen molar-refractivity contribution in [2.45, 2.75) is 13.3 Å². The lowest BCUT2D eigenvalue weighted by Crippen LogP contribution is -2.29. The zero-order valence-electron chi connectivity index (χ0n) is 15.7. The second-order valence-electron chi connectivity index (χ2n) is 6.27. The van der Waals surface area contributed by atoms with E-state index in [0.29, 0.717) is 22.4 Å². The summed E-state index contributed by atoms with van der Waals surface area (Å²) in [6.07, 6.45) is 2.72. The van der Waals surface area contributed by atoms with Crippen molar-refractivity contribution in [1.82, 2.24) is 4.90 Å². The second kappa shape index (κ2) is 7.98. The van der Waals surface area contributed by atoms with Gasteiger partial charge in [0.15, 0.2) is 16.7 Å². The third kappa shape index (κ3) is 3.71. The summed E-state index contributed by atoms with van der Waals surface area (Å²) >= 11 is 1.38. The van der Waals surface area contributed by atoms with Crippen LogP contribution in [0.25, 0.3) is 6.08 Å². The standard InChI is InChI=1S/C21H20N2O4S/c1-3-10-23-20(24)19(12-14-4-9-17-18(11-14)27-13-26-17)28-21(23)22-15-5-7-16(25-2)8-6-15/h4-9,11-12H,3,10,13H2,1-2H3. The molecule has 0 atom stereocenters. The summed E-state index contributed by atoms with van der Waals surface area (Å²) in [5.41, 5.74) is 1.67. The number of ether oxygens (including phenoxy) is 3. The number of hydrogen-bond donors (Lipinski definition) is 0. The molecule has 2 aliphatic heterocycles. The van der Waals surface area contributed by atoms with Crippen LogP contribution >= 0.6 is 11.8 Å². The van der Waals surface area contributed by atoms with Crippen LogP contribution in [0.3, 0.4) is 0 Å². The fourth-order valence-electron chi connectivity index (χ4n) is 2.93. The van der Waals surface area contributed by atoms with Crippen LogP contribution in [-0.4, -0.2) is 36.4 Å². The molecule has 6 nitrogen and oxygen atoms in total. The zero-order chi connectivity index (χ0) is 19.5. The number of rotatable bonds is 5. The number of amidine groups is 1. The van der Waals surface area contributed by atoms with Gasteiger partial charge in [-0.2, -0.15) is 0 Å². The molecule has 0 aromatic heterocycles. The molecule has 0 N–H and O–H groups in total. The number of benzene rings is 2. The summed E-state index contributed by atoms with van der Waals surface area (Å²) in [6, 6.07) is 13.1. The van der Waals surface area contributed by atoms with Gasteiger partial charge >= 0.3 is 0 Å². The highest BCUT2D eigenvalue weighted by Gasteiger charge is 2.32. The quantitative estimate of drug-likeness (QED) is 0.700. The van der Waals surface area contributed by atoms with Crippen LogP contribution in [-0.2, 0) is 4.79 Å². The van der Waals surface area contributed by atoms with Crippen molar-refractivity contribution in [3.05, 3.63) is 52.9 Å². The van der Waals surface area contributed by atoms with Crippen molar-refractivity contribution >= 4 is 34.6 Å². The van der Waals surface area contributed by atoms with Gasteiger partial charge in [0, 0.05) is 6.54 Å². The van der Waals surface area contributed by atoms with Crippen molar-refractivity contribution < 1.29 is 19.0 Å². The van der Waals surface area contributed by atoms with E-state index in [-0.39, 0.29) is 12.7 Å².